The van der Waals surface area contributed by atoms with Crippen molar-refractivity contribution in [1.29, 1.82) is 0 Å². The van der Waals surface area contributed by atoms with Gasteiger partial charge in [0.25, 0.3) is 0 Å². The molecule has 0 N–H and O–H groups in total. The summed E-state index contributed by atoms with van der Waals surface area (Å²) in [4.78, 5) is 11.2. The van der Waals surface area contributed by atoms with E-state index in [-0.39, 0.29) is 12.1 Å². The Bertz CT molecular complexity index is 399. The normalized spacial score (nSPS) is 33.9. The Morgan fingerprint density at radius 1 is 1.38 bits per heavy atom. The van der Waals surface area contributed by atoms with Gasteiger partial charge in [0.2, 0.25) is 5.60 Å². The molecule has 2 aliphatic heterocycles. The van der Waals surface area contributed by atoms with E-state index in [4.69, 9.17) is 9.47 Å². The second-order valence-electron chi connectivity index (χ2n) is 3.53. The summed E-state index contributed by atoms with van der Waals surface area (Å²) in [5.74, 6) is 0.495. The number of ether oxygens (including phenoxy) is 2. The number of carbonyl (C=O) groups excluding carboxylic acids is 1. The monoisotopic (exact) mass is 176 g/mol. The average molecular weight is 176 g/mol. The van der Waals surface area contributed by atoms with Crippen LogP contribution in [-0.2, 0) is 9.53 Å². The summed E-state index contributed by atoms with van der Waals surface area (Å²) in [5.41, 5.74) is 0.216. The van der Waals surface area contributed by atoms with Crippen molar-refractivity contribution < 1.29 is 14.3 Å². The Labute approximate surface area is 75.3 Å². The fourth-order valence-electron chi connectivity index (χ4n) is 1.86. The van der Waals surface area contributed by atoms with Crippen molar-refractivity contribution in [3.05, 3.63) is 29.8 Å². The van der Waals surface area contributed by atoms with E-state index in [2.05, 4.69) is 0 Å². The number of carbonyl (C=O) groups is 1. The third-order valence-electron chi connectivity index (χ3n) is 2.65. The van der Waals surface area contributed by atoms with Crippen molar-refractivity contribution in [3.63, 3.8) is 0 Å². The van der Waals surface area contributed by atoms with E-state index in [0.717, 1.165) is 11.3 Å². The van der Waals surface area contributed by atoms with E-state index in [0.29, 0.717) is 0 Å². The first-order valence-electron chi connectivity index (χ1n) is 4.21. The maximum Gasteiger partial charge on any atom is 0.355 e. The number of fused-ring (bicyclic) bond motifs is 3. The van der Waals surface area contributed by atoms with Crippen LogP contribution in [0, 0.1) is 0 Å². The van der Waals surface area contributed by atoms with Gasteiger partial charge in [0.15, 0.2) is 6.10 Å². The van der Waals surface area contributed by atoms with Gasteiger partial charge in [-0.05, 0) is 13.0 Å². The minimum Gasteiger partial charge on any atom is -0.471 e. The third-order valence-corrected chi connectivity index (χ3v) is 2.65. The summed E-state index contributed by atoms with van der Waals surface area (Å²) in [6.07, 6.45) is -0.198. The summed E-state index contributed by atoms with van der Waals surface area (Å²) in [7, 11) is 0. The molecule has 3 rings (SSSR count). The summed E-state index contributed by atoms with van der Waals surface area (Å²) >= 11 is 0. The first-order chi connectivity index (χ1) is 6.22. The smallest absolute Gasteiger partial charge is 0.355 e. The van der Waals surface area contributed by atoms with Crippen LogP contribution in [0.15, 0.2) is 24.3 Å². The maximum absolute atomic E-state index is 11.2. The molecule has 3 heteroatoms. The quantitative estimate of drug-likeness (QED) is 0.561. The summed E-state index contributed by atoms with van der Waals surface area (Å²) in [5, 5.41) is 0. The van der Waals surface area contributed by atoms with E-state index in [9.17, 15) is 4.79 Å². The van der Waals surface area contributed by atoms with Crippen LogP contribution in [0.1, 0.15) is 18.6 Å². The van der Waals surface area contributed by atoms with Crippen molar-refractivity contribution >= 4 is 5.97 Å². The maximum atomic E-state index is 11.2. The number of rotatable bonds is 0. The first-order valence-corrected chi connectivity index (χ1v) is 4.21. The fraction of sp³-hybridized carbons (Fsp3) is 0.300. The minimum absolute atomic E-state index is 0.198. The molecule has 0 aromatic heterocycles. The van der Waals surface area contributed by atoms with Gasteiger partial charge < -0.3 is 9.47 Å². The fourth-order valence-corrected chi connectivity index (χ4v) is 1.86. The van der Waals surface area contributed by atoms with E-state index in [1.165, 1.54) is 0 Å². The molecule has 0 amide bonds. The lowest BCUT2D eigenvalue weighted by Crippen LogP contribution is -2.55. The van der Waals surface area contributed by atoms with Gasteiger partial charge in [-0.15, -0.1) is 0 Å². The van der Waals surface area contributed by atoms with Crippen molar-refractivity contribution in [2.24, 2.45) is 0 Å². The van der Waals surface area contributed by atoms with Crippen molar-refractivity contribution in [2.75, 3.05) is 0 Å². The number of esters is 1. The Morgan fingerprint density at radius 2 is 2.15 bits per heavy atom. The average Bonchev–Trinajstić information content (AvgIpc) is 2.37. The molecule has 1 fully saturated rings. The van der Waals surface area contributed by atoms with E-state index in [1.54, 1.807) is 6.92 Å². The van der Waals surface area contributed by atoms with Crippen LogP contribution in [-0.4, -0.2) is 11.6 Å². The number of hydrogen-bond acceptors (Lipinski definition) is 3. The Balaban J connectivity index is 2.14. The number of benzene rings is 1. The molecule has 3 nitrogen and oxygen atoms in total. The van der Waals surface area contributed by atoms with Crippen LogP contribution in [0.3, 0.4) is 0 Å². The topological polar surface area (TPSA) is 35.5 Å². The lowest BCUT2D eigenvalue weighted by Gasteiger charge is -2.37. The Hall–Kier alpha value is -1.51. The first kappa shape index (κ1) is 6.95. The van der Waals surface area contributed by atoms with Gasteiger partial charge in [0, 0.05) is 5.56 Å². The molecule has 2 atom stereocenters. The van der Waals surface area contributed by atoms with Crippen LogP contribution in [0.5, 0.6) is 5.75 Å². The molecule has 0 bridgehead atoms. The molecule has 2 aliphatic rings. The predicted molar refractivity (Wildman–Crippen MR) is 44.3 cm³/mol. The molecular weight excluding hydrogens is 168 g/mol. The molecule has 0 spiro atoms. The van der Waals surface area contributed by atoms with Crippen LogP contribution < -0.4 is 4.74 Å². The van der Waals surface area contributed by atoms with Gasteiger partial charge in [0.1, 0.15) is 5.75 Å². The molecule has 0 saturated carbocycles. The summed E-state index contributed by atoms with van der Waals surface area (Å²) < 4.78 is 10.6. The second-order valence-corrected chi connectivity index (χ2v) is 3.53. The van der Waals surface area contributed by atoms with Crippen LogP contribution in [0.25, 0.3) is 0 Å². The van der Waals surface area contributed by atoms with Gasteiger partial charge in [0.05, 0.1) is 0 Å². The molecule has 2 heterocycles. The van der Waals surface area contributed by atoms with Gasteiger partial charge >= 0.3 is 5.97 Å². The number of hydrogen-bond donors (Lipinski definition) is 0. The van der Waals surface area contributed by atoms with Crippen LogP contribution in [0.4, 0.5) is 0 Å². The SMILES string of the molecule is CC12Oc3ccccc3C1OC2=O. The molecule has 66 valence electrons. The van der Waals surface area contributed by atoms with Crippen LogP contribution >= 0.6 is 0 Å². The highest BCUT2D eigenvalue weighted by molar-refractivity contribution is 5.88. The molecule has 1 saturated heterocycles. The highest BCUT2D eigenvalue weighted by Crippen LogP contribution is 2.52. The zero-order chi connectivity index (χ0) is 9.05. The molecular formula is C10H8O3. The highest BCUT2D eigenvalue weighted by Gasteiger charge is 2.62. The van der Waals surface area contributed by atoms with Crippen molar-refractivity contribution in [1.82, 2.24) is 0 Å². The predicted octanol–water partition coefficient (Wildman–Crippen LogP) is 1.44. The van der Waals surface area contributed by atoms with E-state index >= 15 is 0 Å². The summed E-state index contributed by atoms with van der Waals surface area (Å²) in [6.45, 7) is 1.77. The van der Waals surface area contributed by atoms with Gasteiger partial charge in [-0.25, -0.2) is 4.79 Å². The summed E-state index contributed by atoms with van der Waals surface area (Å²) in [6, 6.07) is 7.59. The molecule has 0 aliphatic carbocycles. The van der Waals surface area contributed by atoms with E-state index < -0.39 is 5.60 Å². The Kier molecular flexibility index (Phi) is 0.998. The molecule has 0 radical (unpaired) electrons. The lowest BCUT2D eigenvalue weighted by atomic mass is 9.90. The molecule has 1 aromatic rings. The molecule has 2 unspecified atom stereocenters. The van der Waals surface area contributed by atoms with Gasteiger partial charge in [-0.1, -0.05) is 18.2 Å². The number of para-hydroxylation sites is 1. The van der Waals surface area contributed by atoms with Gasteiger partial charge in [-0.3, -0.25) is 0 Å². The van der Waals surface area contributed by atoms with Crippen molar-refractivity contribution in [2.45, 2.75) is 18.6 Å². The van der Waals surface area contributed by atoms with Crippen molar-refractivity contribution in [3.8, 4) is 5.75 Å². The third kappa shape index (κ3) is 0.636. The zero-order valence-corrected chi connectivity index (χ0v) is 7.11. The lowest BCUT2D eigenvalue weighted by molar-refractivity contribution is -0.211. The minimum atomic E-state index is -0.760. The second kappa shape index (κ2) is 1.87. The van der Waals surface area contributed by atoms with Gasteiger partial charge in [-0.2, -0.15) is 0 Å². The standard InChI is InChI=1S/C10H8O3/c1-10-8(12-9(10)11)6-4-2-3-5-7(6)13-10/h2-5,8H,1H3. The highest BCUT2D eigenvalue weighted by atomic mass is 16.7. The molecule has 13 heavy (non-hydrogen) atoms. The largest absolute Gasteiger partial charge is 0.471 e. The van der Waals surface area contributed by atoms with Crippen LogP contribution in [0.2, 0.25) is 0 Å². The molecule has 1 aromatic carbocycles. The zero-order valence-electron chi connectivity index (χ0n) is 7.11. The Morgan fingerprint density at radius 3 is 2.92 bits per heavy atom. The van der Waals surface area contributed by atoms with E-state index in [1.807, 2.05) is 24.3 Å².